The third-order valence-electron chi connectivity index (χ3n) is 2.94. The largest absolute Gasteiger partial charge is 0.299 e. The van der Waals surface area contributed by atoms with Gasteiger partial charge in [-0.3, -0.25) is 4.79 Å². The van der Waals surface area contributed by atoms with Crippen LogP contribution in [0.2, 0.25) is 0 Å². The molecule has 0 aromatic heterocycles. The number of allylic oxidation sites excluding steroid dienone is 1. The lowest BCUT2D eigenvalue weighted by Crippen LogP contribution is -2.32. The SMILES string of the molecule is C=CC(F)(F)CC(C)(C)C(=O)Cc1ccccc1. The van der Waals surface area contributed by atoms with E-state index in [1.165, 1.54) is 0 Å². The third kappa shape index (κ3) is 4.06. The molecule has 0 saturated heterocycles. The number of hydrogen-bond donors (Lipinski definition) is 0. The summed E-state index contributed by atoms with van der Waals surface area (Å²) in [6.45, 7) is 6.20. The van der Waals surface area contributed by atoms with Crippen molar-refractivity contribution in [2.24, 2.45) is 5.41 Å². The molecule has 0 saturated carbocycles. The van der Waals surface area contributed by atoms with Gasteiger partial charge in [0.1, 0.15) is 5.78 Å². The standard InChI is InChI=1S/C15H18F2O/c1-4-15(16,17)11-14(2,3)13(18)10-12-8-6-5-7-9-12/h4-9H,1,10-11H2,2-3H3. The Morgan fingerprint density at radius 2 is 1.83 bits per heavy atom. The highest BCUT2D eigenvalue weighted by molar-refractivity contribution is 5.86. The van der Waals surface area contributed by atoms with Crippen molar-refractivity contribution in [1.29, 1.82) is 0 Å². The fraction of sp³-hybridized carbons (Fsp3) is 0.400. The second kappa shape index (κ2) is 5.42. The second-order valence-electron chi connectivity index (χ2n) is 5.11. The molecule has 0 unspecified atom stereocenters. The average Bonchev–Trinajstić information content (AvgIpc) is 2.29. The van der Waals surface area contributed by atoms with Crippen molar-refractivity contribution in [3.63, 3.8) is 0 Å². The summed E-state index contributed by atoms with van der Waals surface area (Å²) in [4.78, 5) is 12.1. The first-order valence-electron chi connectivity index (χ1n) is 5.85. The molecule has 1 aromatic carbocycles. The van der Waals surface area contributed by atoms with Gasteiger partial charge in [0.25, 0.3) is 5.92 Å². The van der Waals surface area contributed by atoms with E-state index in [4.69, 9.17) is 0 Å². The predicted octanol–water partition coefficient (Wildman–Crippen LogP) is 4.04. The Morgan fingerprint density at radius 1 is 1.28 bits per heavy atom. The van der Waals surface area contributed by atoms with Gasteiger partial charge in [-0.1, -0.05) is 50.8 Å². The van der Waals surface area contributed by atoms with Crippen LogP contribution in [0.25, 0.3) is 0 Å². The monoisotopic (exact) mass is 252 g/mol. The van der Waals surface area contributed by atoms with Gasteiger partial charge in [-0.05, 0) is 11.6 Å². The number of alkyl halides is 2. The van der Waals surface area contributed by atoms with Crippen molar-refractivity contribution in [2.75, 3.05) is 0 Å². The Hall–Kier alpha value is -1.51. The van der Waals surface area contributed by atoms with E-state index in [0.717, 1.165) is 5.56 Å². The lowest BCUT2D eigenvalue weighted by Gasteiger charge is -2.26. The number of carbonyl (C=O) groups excluding carboxylic acids is 1. The summed E-state index contributed by atoms with van der Waals surface area (Å²) >= 11 is 0. The van der Waals surface area contributed by atoms with E-state index in [-0.39, 0.29) is 12.2 Å². The predicted molar refractivity (Wildman–Crippen MR) is 68.7 cm³/mol. The number of benzene rings is 1. The van der Waals surface area contributed by atoms with Gasteiger partial charge in [0, 0.05) is 18.3 Å². The molecule has 0 bridgehead atoms. The van der Waals surface area contributed by atoms with Crippen LogP contribution >= 0.6 is 0 Å². The van der Waals surface area contributed by atoms with E-state index in [0.29, 0.717) is 6.08 Å². The Labute approximate surface area is 107 Å². The molecular weight excluding hydrogens is 234 g/mol. The molecule has 1 nitrogen and oxygen atoms in total. The van der Waals surface area contributed by atoms with Gasteiger partial charge in [-0.2, -0.15) is 0 Å². The number of ketones is 1. The molecule has 0 aliphatic heterocycles. The van der Waals surface area contributed by atoms with Crippen LogP contribution in [-0.4, -0.2) is 11.7 Å². The number of hydrogen-bond acceptors (Lipinski definition) is 1. The van der Waals surface area contributed by atoms with E-state index in [2.05, 4.69) is 6.58 Å². The fourth-order valence-electron chi connectivity index (χ4n) is 1.78. The minimum absolute atomic E-state index is 0.182. The number of carbonyl (C=O) groups is 1. The highest BCUT2D eigenvalue weighted by Crippen LogP contribution is 2.34. The minimum Gasteiger partial charge on any atom is -0.299 e. The van der Waals surface area contributed by atoms with Crippen LogP contribution < -0.4 is 0 Å². The number of halogens is 2. The van der Waals surface area contributed by atoms with Crippen molar-refractivity contribution in [3.8, 4) is 0 Å². The van der Waals surface area contributed by atoms with E-state index in [1.807, 2.05) is 30.3 Å². The van der Waals surface area contributed by atoms with E-state index in [1.54, 1.807) is 13.8 Å². The van der Waals surface area contributed by atoms with Crippen LogP contribution in [0, 0.1) is 5.41 Å². The van der Waals surface area contributed by atoms with Gasteiger partial charge in [-0.25, -0.2) is 8.78 Å². The summed E-state index contributed by atoms with van der Waals surface area (Å²) < 4.78 is 26.6. The maximum Gasteiger partial charge on any atom is 0.267 e. The first-order valence-corrected chi connectivity index (χ1v) is 5.85. The molecule has 0 fully saturated rings. The first-order chi connectivity index (χ1) is 8.27. The van der Waals surface area contributed by atoms with Crippen molar-refractivity contribution in [2.45, 2.75) is 32.6 Å². The van der Waals surface area contributed by atoms with Crippen LogP contribution in [0.3, 0.4) is 0 Å². The molecule has 1 rings (SSSR count). The Balaban J connectivity index is 2.74. The molecule has 0 atom stereocenters. The van der Waals surface area contributed by atoms with E-state index >= 15 is 0 Å². The number of Topliss-reactive ketones (excluding diaryl/α,β-unsaturated/α-hetero) is 1. The number of rotatable bonds is 6. The molecule has 1 aromatic rings. The van der Waals surface area contributed by atoms with Crippen LogP contribution in [0.5, 0.6) is 0 Å². The summed E-state index contributed by atoms with van der Waals surface area (Å²) in [5.41, 5.74) is -0.217. The van der Waals surface area contributed by atoms with Gasteiger partial charge in [0.2, 0.25) is 0 Å². The van der Waals surface area contributed by atoms with E-state index in [9.17, 15) is 13.6 Å². The summed E-state index contributed by atoms with van der Waals surface area (Å²) in [6, 6.07) is 9.14. The van der Waals surface area contributed by atoms with Gasteiger partial charge in [0.15, 0.2) is 0 Å². The van der Waals surface area contributed by atoms with Crippen molar-refractivity contribution >= 4 is 5.78 Å². The topological polar surface area (TPSA) is 17.1 Å². The maximum absolute atomic E-state index is 13.3. The van der Waals surface area contributed by atoms with Crippen molar-refractivity contribution in [1.82, 2.24) is 0 Å². The highest BCUT2D eigenvalue weighted by atomic mass is 19.3. The molecule has 0 aliphatic rings. The van der Waals surface area contributed by atoms with Gasteiger partial charge < -0.3 is 0 Å². The quantitative estimate of drug-likeness (QED) is 0.698. The Bertz CT molecular complexity index is 421. The molecule has 18 heavy (non-hydrogen) atoms. The molecule has 0 heterocycles. The van der Waals surface area contributed by atoms with Crippen LogP contribution in [0.4, 0.5) is 8.78 Å². The highest BCUT2D eigenvalue weighted by Gasteiger charge is 2.38. The zero-order valence-electron chi connectivity index (χ0n) is 10.7. The van der Waals surface area contributed by atoms with Crippen LogP contribution in [-0.2, 0) is 11.2 Å². The van der Waals surface area contributed by atoms with E-state index < -0.39 is 17.8 Å². The zero-order chi connectivity index (χ0) is 13.8. The summed E-state index contributed by atoms with van der Waals surface area (Å²) in [7, 11) is 0. The third-order valence-corrected chi connectivity index (χ3v) is 2.94. The molecule has 0 spiro atoms. The molecule has 0 amide bonds. The molecule has 98 valence electrons. The summed E-state index contributed by atoms with van der Waals surface area (Å²) in [5.74, 6) is -3.19. The van der Waals surface area contributed by atoms with Crippen molar-refractivity contribution in [3.05, 3.63) is 48.6 Å². The lowest BCUT2D eigenvalue weighted by atomic mass is 9.79. The molecule has 3 heteroatoms. The average molecular weight is 252 g/mol. The first kappa shape index (κ1) is 14.6. The Kier molecular flexibility index (Phi) is 4.38. The van der Waals surface area contributed by atoms with Crippen LogP contribution in [0.1, 0.15) is 25.8 Å². The molecule has 0 radical (unpaired) electrons. The summed E-state index contributed by atoms with van der Waals surface area (Å²) in [5, 5.41) is 0. The minimum atomic E-state index is -3.00. The second-order valence-corrected chi connectivity index (χ2v) is 5.11. The molecule has 0 aliphatic carbocycles. The van der Waals surface area contributed by atoms with Gasteiger partial charge >= 0.3 is 0 Å². The zero-order valence-corrected chi connectivity index (χ0v) is 10.7. The molecule has 0 N–H and O–H groups in total. The lowest BCUT2D eigenvalue weighted by molar-refractivity contribution is -0.130. The maximum atomic E-state index is 13.3. The van der Waals surface area contributed by atoms with Crippen LogP contribution in [0.15, 0.2) is 43.0 Å². The Morgan fingerprint density at radius 3 is 2.33 bits per heavy atom. The fourth-order valence-corrected chi connectivity index (χ4v) is 1.78. The van der Waals surface area contributed by atoms with Gasteiger partial charge in [0.05, 0.1) is 0 Å². The summed E-state index contributed by atoms with van der Waals surface area (Å²) in [6.07, 6.45) is 0.279. The van der Waals surface area contributed by atoms with Crippen molar-refractivity contribution < 1.29 is 13.6 Å². The van der Waals surface area contributed by atoms with Gasteiger partial charge in [-0.15, -0.1) is 0 Å². The smallest absolute Gasteiger partial charge is 0.267 e. The normalized spacial score (nSPS) is 12.2. The molecular formula is C15H18F2O.